The maximum Gasteiger partial charge on any atom is 0.182 e. The Hall–Kier alpha value is -3.58. The molecule has 0 aliphatic carbocycles. The molecule has 0 heterocycles. The third-order valence-corrected chi connectivity index (χ3v) is 4.05. The molecule has 0 aromatic heterocycles. The average molecular weight is 341 g/mol. The highest BCUT2D eigenvalue weighted by Crippen LogP contribution is 2.31. The Labute approximate surface area is 153 Å². The molecule has 4 heteroatoms. The lowest BCUT2D eigenvalue weighted by atomic mass is 9.90. The predicted octanol–water partition coefficient (Wildman–Crippen LogP) is 4.63. The van der Waals surface area contributed by atoms with E-state index in [-0.39, 0.29) is 5.92 Å². The summed E-state index contributed by atoms with van der Waals surface area (Å²) < 4.78 is 5.40. The summed E-state index contributed by atoms with van der Waals surface area (Å²) in [7, 11) is 1.61. The molecule has 0 bridgehead atoms. The summed E-state index contributed by atoms with van der Waals surface area (Å²) in [5, 5.41) is 12.1. The first-order valence-corrected chi connectivity index (χ1v) is 8.30. The van der Waals surface area contributed by atoms with Crippen LogP contribution in [0.1, 0.15) is 17.0 Å². The number of ether oxygens (including phenoxy) is 1. The first-order valence-electron chi connectivity index (χ1n) is 8.30. The van der Waals surface area contributed by atoms with Crippen LogP contribution in [0.3, 0.4) is 0 Å². The molecule has 0 saturated carbocycles. The number of benzene rings is 3. The van der Waals surface area contributed by atoms with Gasteiger partial charge in [0.05, 0.1) is 13.0 Å². The number of nitrogens with one attached hydrogen (secondary N) is 1. The van der Waals surface area contributed by atoms with Crippen molar-refractivity contribution >= 4 is 11.5 Å². The van der Waals surface area contributed by atoms with Crippen LogP contribution in [0, 0.1) is 11.5 Å². The fraction of sp³-hybridized carbons (Fsp3) is 0.0909. The van der Waals surface area contributed by atoms with E-state index in [1.165, 1.54) is 0 Å². The minimum Gasteiger partial charge on any atom is -0.494 e. The normalized spacial score (nSPS) is 11.0. The monoisotopic (exact) mass is 341 g/mol. The Morgan fingerprint density at radius 2 is 1.42 bits per heavy atom. The molecular weight excluding hydrogens is 322 g/mol. The van der Waals surface area contributed by atoms with Crippen molar-refractivity contribution in [3.63, 3.8) is 0 Å². The van der Waals surface area contributed by atoms with Crippen LogP contribution < -0.4 is 10.1 Å². The first-order chi connectivity index (χ1) is 12.8. The highest BCUT2D eigenvalue weighted by Gasteiger charge is 2.21. The van der Waals surface area contributed by atoms with Gasteiger partial charge in [0.2, 0.25) is 0 Å². The third kappa shape index (κ3) is 3.90. The number of aliphatic imine (C=N–C) groups is 1. The average Bonchev–Trinajstić information content (AvgIpc) is 2.70. The second kappa shape index (κ2) is 8.50. The van der Waals surface area contributed by atoms with Gasteiger partial charge in [-0.15, -0.1) is 0 Å². The Morgan fingerprint density at radius 3 is 1.96 bits per heavy atom. The van der Waals surface area contributed by atoms with Crippen LogP contribution in [0.5, 0.6) is 5.75 Å². The van der Waals surface area contributed by atoms with Crippen molar-refractivity contribution < 1.29 is 4.74 Å². The second-order valence-electron chi connectivity index (χ2n) is 5.66. The zero-order valence-electron chi connectivity index (χ0n) is 14.5. The largest absolute Gasteiger partial charge is 0.494 e. The number of hydrogen-bond acceptors (Lipinski definition) is 3. The van der Waals surface area contributed by atoms with Crippen molar-refractivity contribution in [2.45, 2.75) is 5.92 Å². The molecule has 1 N–H and O–H groups in total. The van der Waals surface area contributed by atoms with E-state index in [1.54, 1.807) is 7.11 Å². The third-order valence-electron chi connectivity index (χ3n) is 4.05. The Morgan fingerprint density at radius 1 is 0.885 bits per heavy atom. The van der Waals surface area contributed by atoms with Crippen molar-refractivity contribution in [1.82, 2.24) is 5.32 Å². The van der Waals surface area contributed by atoms with Gasteiger partial charge in [0, 0.05) is 0 Å². The molecule has 0 amide bonds. The van der Waals surface area contributed by atoms with Crippen molar-refractivity contribution in [2.75, 3.05) is 7.11 Å². The summed E-state index contributed by atoms with van der Waals surface area (Å²) in [5.74, 6) is 1.01. The van der Waals surface area contributed by atoms with Crippen molar-refractivity contribution in [3.05, 3.63) is 96.1 Å². The van der Waals surface area contributed by atoms with Gasteiger partial charge in [-0.2, -0.15) is 5.26 Å². The summed E-state index contributed by atoms with van der Waals surface area (Å²) in [5.41, 5.74) is 2.77. The van der Waals surface area contributed by atoms with Crippen LogP contribution in [0.25, 0.3) is 0 Å². The molecule has 26 heavy (non-hydrogen) atoms. The molecule has 0 atom stereocenters. The van der Waals surface area contributed by atoms with Gasteiger partial charge < -0.3 is 4.74 Å². The highest BCUT2D eigenvalue weighted by molar-refractivity contribution is 5.95. The molecule has 128 valence electrons. The van der Waals surface area contributed by atoms with E-state index in [0.29, 0.717) is 17.3 Å². The summed E-state index contributed by atoms with van der Waals surface area (Å²) in [6.45, 7) is 0. The van der Waals surface area contributed by atoms with Crippen LogP contribution in [0.15, 0.2) is 89.9 Å². The quantitative estimate of drug-likeness (QED) is 0.319. The molecule has 3 aromatic rings. The number of nitrogens with zero attached hydrogens (tertiary/aromatic N) is 2. The minimum atomic E-state index is -0.193. The fourth-order valence-electron chi connectivity index (χ4n) is 2.87. The lowest BCUT2D eigenvalue weighted by Gasteiger charge is -2.20. The molecule has 0 fully saturated rings. The van der Waals surface area contributed by atoms with Crippen LogP contribution in [0.4, 0.5) is 5.69 Å². The molecule has 0 spiro atoms. The van der Waals surface area contributed by atoms with Gasteiger partial charge in [-0.25, -0.2) is 4.99 Å². The van der Waals surface area contributed by atoms with Crippen LogP contribution in [0.2, 0.25) is 0 Å². The van der Waals surface area contributed by atoms with Gasteiger partial charge in [-0.1, -0.05) is 72.8 Å². The Balaban J connectivity index is 2.15. The number of hydrogen-bond donors (Lipinski definition) is 1. The number of rotatable bonds is 5. The number of para-hydroxylation sites is 2. The van der Waals surface area contributed by atoms with E-state index in [9.17, 15) is 5.26 Å². The lowest BCUT2D eigenvalue weighted by Crippen LogP contribution is -2.26. The maximum absolute atomic E-state index is 9.31. The molecule has 0 aliphatic rings. The summed E-state index contributed by atoms with van der Waals surface area (Å²) in [6, 6.07) is 27.5. The second-order valence-corrected chi connectivity index (χ2v) is 5.66. The first kappa shape index (κ1) is 17.2. The summed E-state index contributed by atoms with van der Waals surface area (Å²) >= 11 is 0. The summed E-state index contributed by atoms with van der Waals surface area (Å²) in [4.78, 5) is 4.73. The highest BCUT2D eigenvalue weighted by atomic mass is 16.5. The molecule has 3 aromatic carbocycles. The van der Waals surface area contributed by atoms with Crippen molar-refractivity contribution in [3.8, 4) is 11.9 Å². The number of methoxy groups -OCH3 is 1. The van der Waals surface area contributed by atoms with Crippen molar-refractivity contribution in [2.24, 2.45) is 4.99 Å². The molecule has 0 radical (unpaired) electrons. The van der Waals surface area contributed by atoms with E-state index < -0.39 is 0 Å². The van der Waals surface area contributed by atoms with Crippen LogP contribution >= 0.6 is 0 Å². The van der Waals surface area contributed by atoms with Gasteiger partial charge in [0.1, 0.15) is 17.3 Å². The van der Waals surface area contributed by atoms with E-state index in [2.05, 4.69) is 5.32 Å². The molecule has 3 rings (SSSR count). The zero-order valence-corrected chi connectivity index (χ0v) is 14.5. The van der Waals surface area contributed by atoms with Gasteiger partial charge >= 0.3 is 0 Å². The lowest BCUT2D eigenvalue weighted by molar-refractivity contribution is 0.416. The molecule has 0 unspecified atom stereocenters. The standard InChI is InChI=1S/C22H19N3O/c1-26-20-15-9-8-14-19(20)25-22(24-16-23)21(17-10-4-2-5-11-17)18-12-6-3-7-13-18/h2-15,21H,1H3,(H,24,25). The maximum atomic E-state index is 9.31. The Kier molecular flexibility index (Phi) is 5.64. The van der Waals surface area contributed by atoms with Gasteiger partial charge in [0.25, 0.3) is 0 Å². The molecule has 4 nitrogen and oxygen atoms in total. The molecular formula is C22H19N3O. The Bertz CT molecular complexity index is 875. The predicted molar refractivity (Wildman–Crippen MR) is 104 cm³/mol. The minimum absolute atomic E-state index is 0.193. The van der Waals surface area contributed by atoms with Gasteiger partial charge in [-0.3, -0.25) is 5.32 Å². The topological polar surface area (TPSA) is 57.4 Å². The smallest absolute Gasteiger partial charge is 0.182 e. The van der Waals surface area contributed by atoms with Crippen LogP contribution in [-0.4, -0.2) is 12.9 Å². The molecule has 0 aliphatic heterocycles. The number of amidine groups is 1. The van der Waals surface area contributed by atoms with E-state index in [4.69, 9.17) is 9.73 Å². The number of nitriles is 1. The fourth-order valence-corrected chi connectivity index (χ4v) is 2.87. The van der Waals surface area contributed by atoms with E-state index in [1.807, 2.05) is 91.1 Å². The van der Waals surface area contributed by atoms with Crippen molar-refractivity contribution in [1.29, 1.82) is 5.26 Å². The van der Waals surface area contributed by atoms with Gasteiger partial charge in [0.15, 0.2) is 6.19 Å². The van der Waals surface area contributed by atoms with Crippen LogP contribution in [-0.2, 0) is 0 Å². The molecule has 0 saturated heterocycles. The van der Waals surface area contributed by atoms with E-state index >= 15 is 0 Å². The van der Waals surface area contributed by atoms with Gasteiger partial charge in [-0.05, 0) is 23.3 Å². The zero-order chi connectivity index (χ0) is 18.2. The summed E-state index contributed by atoms with van der Waals surface area (Å²) in [6.07, 6.45) is 2.02. The van der Waals surface area contributed by atoms with E-state index in [0.717, 1.165) is 11.1 Å². The SMILES string of the molecule is COc1ccccc1N=C(NC#N)C(c1ccccc1)c1ccccc1.